The molecule has 3 aromatic heterocycles. The van der Waals surface area contributed by atoms with Gasteiger partial charge >= 0.3 is 0 Å². The minimum Gasteiger partial charge on any atom is -0.391 e. The molecule has 0 amide bonds. The van der Waals surface area contributed by atoms with Crippen LogP contribution in [0, 0.1) is 11.3 Å². The Morgan fingerprint density at radius 3 is 2.66 bits per heavy atom. The van der Waals surface area contributed by atoms with Crippen LogP contribution in [0.15, 0.2) is 30.5 Å². The van der Waals surface area contributed by atoms with Crippen molar-refractivity contribution in [2.45, 2.75) is 57.7 Å². The van der Waals surface area contributed by atoms with E-state index in [1.807, 2.05) is 24.3 Å². The van der Waals surface area contributed by atoms with Crippen molar-refractivity contribution >= 4 is 28.8 Å². The first-order valence-electron chi connectivity index (χ1n) is 12.5. The number of nitriles is 1. The molecule has 3 aromatic rings. The van der Waals surface area contributed by atoms with Crippen LogP contribution >= 0.6 is 0 Å². The Morgan fingerprint density at radius 2 is 1.91 bits per heavy atom. The lowest BCUT2D eigenvalue weighted by Crippen LogP contribution is -2.49. The van der Waals surface area contributed by atoms with E-state index in [4.69, 9.17) is 4.98 Å². The first-order chi connectivity index (χ1) is 17.0. The van der Waals surface area contributed by atoms with Crippen LogP contribution in [0.25, 0.3) is 5.65 Å². The second kappa shape index (κ2) is 10.1. The Balaban J connectivity index is 1.40. The molecule has 10 heteroatoms. The number of aliphatic hydroxyl groups excluding tert-OH is 1. The molecule has 35 heavy (non-hydrogen) atoms. The highest BCUT2D eigenvalue weighted by Crippen LogP contribution is 2.27. The Kier molecular flexibility index (Phi) is 6.70. The number of fused-ring (bicyclic) bond motifs is 1. The Labute approximate surface area is 205 Å². The lowest BCUT2D eigenvalue weighted by Gasteiger charge is -2.37. The van der Waals surface area contributed by atoms with Gasteiger partial charge in [0.25, 0.3) is 0 Å². The van der Waals surface area contributed by atoms with E-state index in [2.05, 4.69) is 50.4 Å². The van der Waals surface area contributed by atoms with E-state index in [1.54, 1.807) is 0 Å². The van der Waals surface area contributed by atoms with Gasteiger partial charge in [0.2, 0.25) is 0 Å². The summed E-state index contributed by atoms with van der Waals surface area (Å²) in [6.45, 7) is 8.40. The molecule has 2 aliphatic rings. The quantitative estimate of drug-likeness (QED) is 0.494. The van der Waals surface area contributed by atoms with Crippen LogP contribution in [0.3, 0.4) is 0 Å². The van der Waals surface area contributed by atoms with Gasteiger partial charge < -0.3 is 20.6 Å². The lowest BCUT2D eigenvalue weighted by molar-refractivity contribution is 0.116. The zero-order chi connectivity index (χ0) is 24.4. The van der Waals surface area contributed by atoms with Crippen LogP contribution in [-0.2, 0) is 0 Å². The molecule has 0 spiro atoms. The summed E-state index contributed by atoms with van der Waals surface area (Å²) in [5.74, 6) is 2.22. The van der Waals surface area contributed by atoms with Crippen molar-refractivity contribution in [3.05, 3.63) is 36.2 Å². The maximum absolute atomic E-state index is 10.4. The second-order valence-corrected chi connectivity index (χ2v) is 9.66. The van der Waals surface area contributed by atoms with Crippen LogP contribution in [-0.4, -0.2) is 74.0 Å². The third-order valence-electron chi connectivity index (χ3n) is 7.01. The summed E-state index contributed by atoms with van der Waals surface area (Å²) in [4.78, 5) is 14.1. The molecule has 1 saturated carbocycles. The summed E-state index contributed by atoms with van der Waals surface area (Å²) in [6, 6.07) is 10.5. The molecular formula is C25H33N9O. The summed E-state index contributed by atoms with van der Waals surface area (Å²) in [7, 11) is 0. The van der Waals surface area contributed by atoms with Crippen LogP contribution < -0.4 is 15.5 Å². The Bertz CT molecular complexity index is 1210. The number of piperazine rings is 1. The third kappa shape index (κ3) is 5.01. The average molecular weight is 476 g/mol. The van der Waals surface area contributed by atoms with Gasteiger partial charge in [0.15, 0.2) is 11.3 Å². The average Bonchev–Trinajstić information content (AvgIpc) is 3.29. The topological polar surface area (TPSA) is 118 Å². The van der Waals surface area contributed by atoms with Gasteiger partial charge in [0.05, 0.1) is 24.0 Å². The van der Waals surface area contributed by atoms with E-state index in [-0.39, 0.29) is 6.04 Å². The molecule has 0 radical (unpaired) electrons. The summed E-state index contributed by atoms with van der Waals surface area (Å²) < 4.78 is 1.54. The fourth-order valence-electron chi connectivity index (χ4n) is 4.95. The molecule has 1 saturated heterocycles. The monoisotopic (exact) mass is 475 g/mol. The van der Waals surface area contributed by atoms with E-state index in [1.165, 1.54) is 10.7 Å². The zero-order valence-corrected chi connectivity index (χ0v) is 20.4. The van der Waals surface area contributed by atoms with E-state index >= 15 is 0 Å². The maximum Gasteiger partial charge on any atom is 0.179 e. The minimum absolute atomic E-state index is 0.0680. The van der Waals surface area contributed by atoms with Crippen molar-refractivity contribution in [2.75, 3.05) is 41.7 Å². The van der Waals surface area contributed by atoms with Gasteiger partial charge in [-0.25, -0.2) is 9.97 Å². The SMILES string of the molecule is CC(C)N1CCN(c2cccc(Nc3cc(N[C@@H]4CCCC[C@H]4O)nn4c(C#N)cnc34)n2)CC1. The van der Waals surface area contributed by atoms with Crippen LogP contribution in [0.1, 0.15) is 45.2 Å². The highest BCUT2D eigenvalue weighted by molar-refractivity contribution is 5.75. The summed E-state index contributed by atoms with van der Waals surface area (Å²) in [5.41, 5.74) is 1.60. The van der Waals surface area contributed by atoms with Gasteiger partial charge in [0.1, 0.15) is 23.5 Å². The molecule has 5 rings (SSSR count). The molecule has 2 atom stereocenters. The minimum atomic E-state index is -0.412. The number of aromatic nitrogens is 4. The van der Waals surface area contributed by atoms with E-state index in [0.29, 0.717) is 34.7 Å². The zero-order valence-electron chi connectivity index (χ0n) is 20.4. The van der Waals surface area contributed by atoms with Crippen molar-refractivity contribution in [1.82, 2.24) is 24.5 Å². The molecule has 1 aliphatic heterocycles. The number of imidazole rings is 1. The number of rotatable bonds is 6. The number of hydrogen-bond donors (Lipinski definition) is 3. The highest BCUT2D eigenvalue weighted by Gasteiger charge is 2.24. The maximum atomic E-state index is 10.4. The van der Waals surface area contributed by atoms with Crippen molar-refractivity contribution in [3.63, 3.8) is 0 Å². The van der Waals surface area contributed by atoms with E-state index < -0.39 is 6.10 Å². The van der Waals surface area contributed by atoms with E-state index in [9.17, 15) is 10.4 Å². The molecule has 1 aliphatic carbocycles. The summed E-state index contributed by atoms with van der Waals surface area (Å²) in [6.07, 6.45) is 4.87. The summed E-state index contributed by atoms with van der Waals surface area (Å²) >= 11 is 0. The Hall–Kier alpha value is -3.42. The Morgan fingerprint density at radius 1 is 1.11 bits per heavy atom. The predicted molar refractivity (Wildman–Crippen MR) is 136 cm³/mol. The van der Waals surface area contributed by atoms with Crippen molar-refractivity contribution < 1.29 is 5.11 Å². The molecule has 0 bridgehead atoms. The number of pyridine rings is 1. The number of hydrogen-bond acceptors (Lipinski definition) is 9. The van der Waals surface area contributed by atoms with Gasteiger partial charge in [-0.3, -0.25) is 4.90 Å². The number of nitrogens with zero attached hydrogens (tertiary/aromatic N) is 7. The molecule has 3 N–H and O–H groups in total. The normalized spacial score (nSPS) is 21.3. The highest BCUT2D eigenvalue weighted by atomic mass is 16.3. The largest absolute Gasteiger partial charge is 0.391 e. The predicted octanol–water partition coefficient (Wildman–Crippen LogP) is 2.99. The molecule has 4 heterocycles. The van der Waals surface area contributed by atoms with Gasteiger partial charge in [-0.1, -0.05) is 18.9 Å². The van der Waals surface area contributed by atoms with E-state index in [0.717, 1.165) is 57.7 Å². The molecule has 0 aromatic carbocycles. The molecule has 184 valence electrons. The fraction of sp³-hybridized carbons (Fsp3) is 0.520. The number of aliphatic hydroxyl groups is 1. The van der Waals surface area contributed by atoms with Crippen LogP contribution in [0.4, 0.5) is 23.1 Å². The molecule has 2 fully saturated rings. The second-order valence-electron chi connectivity index (χ2n) is 9.66. The lowest BCUT2D eigenvalue weighted by atomic mass is 9.92. The molecular weight excluding hydrogens is 442 g/mol. The standard InChI is InChI=1S/C25H33N9O/c1-17(2)32-10-12-33(13-11-32)24-9-5-8-22(30-24)29-20-14-23(28-19-6-3-4-7-21(19)35)31-34-18(15-26)16-27-25(20)34/h5,8-9,14,16-17,19,21,35H,3-4,6-7,10-13H2,1-2H3,(H,28,31)(H,29,30)/t19-,21-/m1/s1. The van der Waals surface area contributed by atoms with Crippen molar-refractivity contribution in [3.8, 4) is 6.07 Å². The smallest absolute Gasteiger partial charge is 0.179 e. The van der Waals surface area contributed by atoms with Gasteiger partial charge in [-0.2, -0.15) is 9.78 Å². The molecule has 10 nitrogen and oxygen atoms in total. The molecule has 0 unspecified atom stereocenters. The number of anilines is 4. The van der Waals surface area contributed by atoms with Crippen LogP contribution in [0.5, 0.6) is 0 Å². The van der Waals surface area contributed by atoms with Gasteiger partial charge in [-0.05, 0) is 38.8 Å². The summed E-state index contributed by atoms with van der Waals surface area (Å²) in [5, 5.41) is 31.3. The van der Waals surface area contributed by atoms with Gasteiger partial charge in [0, 0.05) is 38.3 Å². The first kappa shape index (κ1) is 23.3. The van der Waals surface area contributed by atoms with Crippen LogP contribution in [0.2, 0.25) is 0 Å². The first-order valence-corrected chi connectivity index (χ1v) is 12.5. The van der Waals surface area contributed by atoms with Gasteiger partial charge in [-0.15, -0.1) is 5.10 Å². The fourth-order valence-corrected chi connectivity index (χ4v) is 4.95. The number of nitrogens with one attached hydrogen (secondary N) is 2. The van der Waals surface area contributed by atoms with Crippen molar-refractivity contribution in [2.24, 2.45) is 0 Å². The van der Waals surface area contributed by atoms with Crippen molar-refractivity contribution in [1.29, 1.82) is 5.26 Å². The third-order valence-corrected chi connectivity index (χ3v) is 7.01.